The second kappa shape index (κ2) is 4.93. The number of nitrogens with zero attached hydrogens (tertiary/aromatic N) is 2. The molecule has 82 valence electrons. The van der Waals surface area contributed by atoms with Crippen LogP contribution in [0.25, 0.3) is 0 Å². The summed E-state index contributed by atoms with van der Waals surface area (Å²) in [5, 5.41) is 0.712. The van der Waals surface area contributed by atoms with Gasteiger partial charge in [-0.05, 0) is 34.2 Å². The molecule has 2 heterocycles. The molecule has 1 saturated heterocycles. The van der Waals surface area contributed by atoms with E-state index in [1.165, 1.54) is 17.9 Å². The lowest BCUT2D eigenvalue weighted by Crippen LogP contribution is -2.32. The van der Waals surface area contributed by atoms with Crippen molar-refractivity contribution in [2.24, 2.45) is 0 Å². The standard InChI is InChI=1S/C10H12BrClN2S/c1-14(8-2-3-15-6-8)10-9(12)4-7(11)5-13-10/h4-5,8H,2-3,6H2,1H3. The normalized spacial score (nSPS) is 20.6. The molecule has 1 fully saturated rings. The molecule has 0 aromatic carbocycles. The van der Waals surface area contributed by atoms with Gasteiger partial charge in [0.2, 0.25) is 0 Å². The zero-order valence-electron chi connectivity index (χ0n) is 8.41. The van der Waals surface area contributed by atoms with E-state index in [0.717, 1.165) is 10.3 Å². The molecular weight excluding hydrogens is 296 g/mol. The number of hydrogen-bond donors (Lipinski definition) is 0. The van der Waals surface area contributed by atoms with Crippen molar-refractivity contribution in [3.63, 3.8) is 0 Å². The van der Waals surface area contributed by atoms with Crippen molar-refractivity contribution in [2.45, 2.75) is 12.5 Å². The highest BCUT2D eigenvalue weighted by atomic mass is 79.9. The lowest BCUT2D eigenvalue weighted by molar-refractivity contribution is 0.692. The van der Waals surface area contributed by atoms with E-state index >= 15 is 0 Å². The van der Waals surface area contributed by atoms with Crippen LogP contribution in [-0.4, -0.2) is 29.6 Å². The summed E-state index contributed by atoms with van der Waals surface area (Å²) in [7, 11) is 2.07. The van der Waals surface area contributed by atoms with Gasteiger partial charge in [0.25, 0.3) is 0 Å². The van der Waals surface area contributed by atoms with Crippen LogP contribution >= 0.6 is 39.3 Å². The number of pyridine rings is 1. The van der Waals surface area contributed by atoms with Gasteiger partial charge in [-0.1, -0.05) is 11.6 Å². The summed E-state index contributed by atoms with van der Waals surface area (Å²) in [6, 6.07) is 2.46. The third-order valence-corrected chi connectivity index (χ3v) is 4.43. The van der Waals surface area contributed by atoms with Crippen molar-refractivity contribution >= 4 is 45.1 Å². The van der Waals surface area contributed by atoms with Crippen molar-refractivity contribution in [1.29, 1.82) is 0 Å². The lowest BCUT2D eigenvalue weighted by atomic mass is 10.2. The maximum absolute atomic E-state index is 6.16. The number of halogens is 2. The van der Waals surface area contributed by atoms with Crippen LogP contribution in [0.1, 0.15) is 6.42 Å². The summed E-state index contributed by atoms with van der Waals surface area (Å²) in [6.07, 6.45) is 3.01. The summed E-state index contributed by atoms with van der Waals surface area (Å²) in [5.74, 6) is 3.29. The quantitative estimate of drug-likeness (QED) is 0.832. The zero-order chi connectivity index (χ0) is 10.8. The molecule has 0 N–H and O–H groups in total. The number of rotatable bonds is 2. The van der Waals surface area contributed by atoms with Crippen molar-refractivity contribution in [3.05, 3.63) is 21.8 Å². The van der Waals surface area contributed by atoms with Gasteiger partial charge in [-0.25, -0.2) is 4.98 Å². The molecule has 1 aliphatic rings. The third kappa shape index (κ3) is 2.60. The third-order valence-electron chi connectivity index (χ3n) is 2.58. The summed E-state index contributed by atoms with van der Waals surface area (Å²) >= 11 is 11.5. The first kappa shape index (κ1) is 11.6. The largest absolute Gasteiger partial charge is 0.355 e. The second-order valence-electron chi connectivity index (χ2n) is 3.59. The fourth-order valence-corrected chi connectivity index (χ4v) is 3.70. The van der Waals surface area contributed by atoms with Crippen LogP contribution in [0, 0.1) is 0 Å². The molecule has 5 heteroatoms. The molecule has 2 rings (SSSR count). The van der Waals surface area contributed by atoms with Crippen molar-refractivity contribution in [2.75, 3.05) is 23.5 Å². The first-order valence-electron chi connectivity index (χ1n) is 4.80. The van der Waals surface area contributed by atoms with Crippen LogP contribution in [-0.2, 0) is 0 Å². The molecule has 2 nitrogen and oxygen atoms in total. The van der Waals surface area contributed by atoms with Gasteiger partial charge in [-0.15, -0.1) is 0 Å². The Morgan fingerprint density at radius 1 is 1.67 bits per heavy atom. The minimum atomic E-state index is 0.571. The maximum Gasteiger partial charge on any atom is 0.147 e. The zero-order valence-corrected chi connectivity index (χ0v) is 11.6. The average molecular weight is 308 g/mol. The summed E-state index contributed by atoms with van der Waals surface area (Å²) in [4.78, 5) is 6.55. The number of aromatic nitrogens is 1. The molecule has 0 spiro atoms. The molecule has 1 aliphatic heterocycles. The number of anilines is 1. The van der Waals surface area contributed by atoms with Gasteiger partial charge in [0, 0.05) is 29.5 Å². The molecule has 1 aromatic heterocycles. The molecule has 0 saturated carbocycles. The highest BCUT2D eigenvalue weighted by molar-refractivity contribution is 9.10. The summed E-state index contributed by atoms with van der Waals surface area (Å²) in [5.41, 5.74) is 0. The van der Waals surface area contributed by atoms with E-state index in [1.54, 1.807) is 6.20 Å². The smallest absolute Gasteiger partial charge is 0.147 e. The number of hydrogen-bond acceptors (Lipinski definition) is 3. The lowest BCUT2D eigenvalue weighted by Gasteiger charge is -2.25. The van der Waals surface area contributed by atoms with Gasteiger partial charge in [-0.2, -0.15) is 11.8 Å². The van der Waals surface area contributed by atoms with E-state index in [9.17, 15) is 0 Å². The van der Waals surface area contributed by atoms with Crippen LogP contribution in [0.4, 0.5) is 5.82 Å². The highest BCUT2D eigenvalue weighted by Gasteiger charge is 2.22. The molecule has 0 bridgehead atoms. The first-order valence-corrected chi connectivity index (χ1v) is 7.12. The van der Waals surface area contributed by atoms with Crippen LogP contribution in [0.2, 0.25) is 5.02 Å². The van der Waals surface area contributed by atoms with E-state index < -0.39 is 0 Å². The Labute approximate surface area is 108 Å². The molecule has 1 unspecified atom stereocenters. The Kier molecular flexibility index (Phi) is 3.80. The van der Waals surface area contributed by atoms with Gasteiger partial charge < -0.3 is 4.90 Å². The van der Waals surface area contributed by atoms with Crippen LogP contribution in [0.5, 0.6) is 0 Å². The van der Waals surface area contributed by atoms with Crippen LogP contribution in [0.3, 0.4) is 0 Å². The minimum absolute atomic E-state index is 0.571. The Morgan fingerprint density at radius 2 is 2.47 bits per heavy atom. The maximum atomic E-state index is 6.16. The molecule has 1 atom stereocenters. The highest BCUT2D eigenvalue weighted by Crippen LogP contribution is 2.30. The Balaban J connectivity index is 2.20. The Bertz CT molecular complexity index is 355. The Morgan fingerprint density at radius 3 is 3.07 bits per heavy atom. The van der Waals surface area contributed by atoms with Crippen molar-refractivity contribution in [3.8, 4) is 0 Å². The topological polar surface area (TPSA) is 16.1 Å². The molecule has 0 aliphatic carbocycles. The van der Waals surface area contributed by atoms with Gasteiger partial charge in [0.05, 0.1) is 5.02 Å². The van der Waals surface area contributed by atoms with Crippen molar-refractivity contribution in [1.82, 2.24) is 4.98 Å². The van der Waals surface area contributed by atoms with Gasteiger partial charge in [0.1, 0.15) is 5.82 Å². The molecular formula is C10H12BrClN2S. The Hall–Kier alpha value is 0.0700. The predicted octanol–water partition coefficient (Wildman–Crippen LogP) is 3.44. The molecule has 1 aromatic rings. The molecule has 0 amide bonds. The van der Waals surface area contributed by atoms with Crippen LogP contribution in [0.15, 0.2) is 16.7 Å². The van der Waals surface area contributed by atoms with Gasteiger partial charge in [0.15, 0.2) is 0 Å². The van der Waals surface area contributed by atoms with E-state index in [-0.39, 0.29) is 0 Å². The predicted molar refractivity (Wildman–Crippen MR) is 71.1 cm³/mol. The fraction of sp³-hybridized carbons (Fsp3) is 0.500. The average Bonchev–Trinajstić information content (AvgIpc) is 2.69. The summed E-state index contributed by atoms with van der Waals surface area (Å²) in [6.45, 7) is 0. The molecule has 0 radical (unpaired) electrons. The monoisotopic (exact) mass is 306 g/mol. The number of thioether (sulfide) groups is 1. The SMILES string of the molecule is CN(c1ncc(Br)cc1Cl)C1CCSC1. The van der Waals surface area contributed by atoms with E-state index in [2.05, 4.69) is 32.9 Å². The van der Waals surface area contributed by atoms with Gasteiger partial charge >= 0.3 is 0 Å². The van der Waals surface area contributed by atoms with E-state index in [1.807, 2.05) is 17.8 Å². The fourth-order valence-electron chi connectivity index (χ4n) is 1.67. The first-order chi connectivity index (χ1) is 7.18. The second-order valence-corrected chi connectivity index (χ2v) is 6.06. The summed E-state index contributed by atoms with van der Waals surface area (Å²) < 4.78 is 0.922. The van der Waals surface area contributed by atoms with Gasteiger partial charge in [-0.3, -0.25) is 0 Å². The molecule has 15 heavy (non-hydrogen) atoms. The van der Waals surface area contributed by atoms with Crippen LogP contribution < -0.4 is 4.90 Å². The van der Waals surface area contributed by atoms with Crippen molar-refractivity contribution < 1.29 is 0 Å². The van der Waals surface area contributed by atoms with E-state index in [0.29, 0.717) is 11.1 Å². The van der Waals surface area contributed by atoms with E-state index in [4.69, 9.17) is 11.6 Å². The minimum Gasteiger partial charge on any atom is -0.355 e.